The van der Waals surface area contributed by atoms with E-state index in [2.05, 4.69) is 4.98 Å². The average molecular weight is 342 g/mol. The minimum absolute atomic E-state index is 0.0541. The van der Waals surface area contributed by atoms with Crippen molar-refractivity contribution in [2.75, 3.05) is 26.7 Å². The number of ether oxygens (including phenoxy) is 1. The van der Waals surface area contributed by atoms with Gasteiger partial charge in [-0.1, -0.05) is 6.07 Å². The summed E-state index contributed by atoms with van der Waals surface area (Å²) < 4.78 is 7.56. The third-order valence-electron chi connectivity index (χ3n) is 5.18. The highest BCUT2D eigenvalue weighted by atomic mass is 16.6. The second-order valence-corrected chi connectivity index (χ2v) is 7.08. The zero-order valence-corrected chi connectivity index (χ0v) is 14.6. The highest BCUT2D eigenvalue weighted by molar-refractivity contribution is 5.79. The van der Waals surface area contributed by atoms with Gasteiger partial charge in [0.2, 0.25) is 5.91 Å². The van der Waals surface area contributed by atoms with Crippen LogP contribution >= 0.6 is 0 Å². The second kappa shape index (κ2) is 5.75. The highest BCUT2D eigenvalue weighted by Gasteiger charge is 2.47. The van der Waals surface area contributed by atoms with Gasteiger partial charge in [0.1, 0.15) is 11.2 Å². The fourth-order valence-electron chi connectivity index (χ4n) is 3.95. The zero-order valence-electron chi connectivity index (χ0n) is 14.6. The number of amides is 2. The Morgan fingerprint density at radius 3 is 2.96 bits per heavy atom. The summed E-state index contributed by atoms with van der Waals surface area (Å²) in [6.45, 7) is 3.65. The number of hydrogen-bond acceptors (Lipinski definition) is 4. The minimum Gasteiger partial charge on any atom is -0.439 e. The maximum atomic E-state index is 12.9. The lowest BCUT2D eigenvalue weighted by Gasteiger charge is -2.38. The van der Waals surface area contributed by atoms with E-state index < -0.39 is 5.60 Å². The van der Waals surface area contributed by atoms with Crippen molar-refractivity contribution < 1.29 is 14.3 Å². The summed E-state index contributed by atoms with van der Waals surface area (Å²) >= 11 is 0. The van der Waals surface area contributed by atoms with E-state index in [1.54, 1.807) is 11.9 Å². The summed E-state index contributed by atoms with van der Waals surface area (Å²) in [7, 11) is 1.74. The number of rotatable bonds is 2. The molecule has 2 aromatic heterocycles. The lowest BCUT2D eigenvalue weighted by Crippen LogP contribution is -2.52. The molecule has 2 amide bonds. The zero-order chi connectivity index (χ0) is 17.6. The number of likely N-dealkylation sites (tertiary alicyclic amines) is 1. The number of aromatic nitrogens is 2. The predicted octanol–water partition coefficient (Wildman–Crippen LogP) is 1.63. The summed E-state index contributed by atoms with van der Waals surface area (Å²) in [5, 5.41) is 0. The molecule has 0 aromatic carbocycles. The number of fused-ring (bicyclic) bond motifs is 1. The van der Waals surface area contributed by atoms with Crippen molar-refractivity contribution in [3.63, 3.8) is 0 Å². The van der Waals surface area contributed by atoms with Crippen LogP contribution in [0, 0.1) is 6.92 Å². The van der Waals surface area contributed by atoms with E-state index in [0.717, 1.165) is 29.9 Å². The molecule has 132 valence electrons. The Bertz CT molecular complexity index is 846. The van der Waals surface area contributed by atoms with Gasteiger partial charge < -0.3 is 18.9 Å². The van der Waals surface area contributed by atoms with Gasteiger partial charge in [0.15, 0.2) is 0 Å². The number of imidazole rings is 1. The van der Waals surface area contributed by atoms with Crippen molar-refractivity contribution in [2.24, 2.45) is 0 Å². The molecule has 2 saturated heterocycles. The van der Waals surface area contributed by atoms with E-state index in [1.165, 1.54) is 0 Å². The van der Waals surface area contributed by atoms with Crippen LogP contribution in [0.2, 0.25) is 0 Å². The smallest absolute Gasteiger partial charge is 0.410 e. The van der Waals surface area contributed by atoms with E-state index >= 15 is 0 Å². The van der Waals surface area contributed by atoms with Crippen molar-refractivity contribution >= 4 is 17.6 Å². The van der Waals surface area contributed by atoms with Crippen LogP contribution in [0.3, 0.4) is 0 Å². The van der Waals surface area contributed by atoms with Crippen molar-refractivity contribution in [3.05, 3.63) is 35.8 Å². The summed E-state index contributed by atoms with van der Waals surface area (Å²) in [6.07, 6.45) is 3.59. The van der Waals surface area contributed by atoms with Crippen LogP contribution in [0.5, 0.6) is 0 Å². The summed E-state index contributed by atoms with van der Waals surface area (Å²) in [4.78, 5) is 32.6. The van der Waals surface area contributed by atoms with E-state index in [0.29, 0.717) is 26.1 Å². The van der Waals surface area contributed by atoms with Gasteiger partial charge in [-0.2, -0.15) is 0 Å². The summed E-state index contributed by atoms with van der Waals surface area (Å²) in [5.74, 6) is 0.0541. The summed E-state index contributed by atoms with van der Waals surface area (Å²) in [5.41, 5.74) is 2.09. The monoisotopic (exact) mass is 342 g/mol. The Hall–Kier alpha value is -2.57. The Labute approximate surface area is 146 Å². The van der Waals surface area contributed by atoms with Gasteiger partial charge in [-0.05, 0) is 31.9 Å². The Kier molecular flexibility index (Phi) is 3.67. The molecule has 2 aliphatic heterocycles. The first-order valence-electron chi connectivity index (χ1n) is 8.62. The van der Waals surface area contributed by atoms with E-state index in [4.69, 9.17) is 4.74 Å². The molecular weight excluding hydrogens is 320 g/mol. The standard InChI is InChI=1S/C18H22N4O3/c1-13-14(22-9-4-3-6-15(22)19-13)10-16(23)21-8-5-7-18(12-21)11-20(2)17(24)25-18/h3-4,6,9H,5,7-8,10-12H2,1-2H3/t18-/m0/s1. The lowest BCUT2D eigenvalue weighted by atomic mass is 9.92. The molecule has 0 unspecified atom stereocenters. The SMILES string of the molecule is Cc1nc2ccccn2c1CC(=O)N1CCC[C@]2(CN(C)C(=O)O2)C1. The number of carbonyl (C=O) groups is 2. The normalized spacial score (nSPS) is 23.5. The van der Waals surface area contributed by atoms with E-state index in [9.17, 15) is 9.59 Å². The second-order valence-electron chi connectivity index (χ2n) is 7.08. The van der Waals surface area contributed by atoms with Gasteiger partial charge in [0.25, 0.3) is 0 Å². The largest absolute Gasteiger partial charge is 0.439 e. The molecule has 7 heteroatoms. The third kappa shape index (κ3) is 2.73. The van der Waals surface area contributed by atoms with Gasteiger partial charge >= 0.3 is 6.09 Å². The van der Waals surface area contributed by atoms with Crippen LogP contribution in [-0.2, 0) is 16.0 Å². The molecule has 0 radical (unpaired) electrons. The summed E-state index contributed by atoms with van der Waals surface area (Å²) in [6, 6.07) is 5.81. The number of hydrogen-bond donors (Lipinski definition) is 0. The van der Waals surface area contributed by atoms with Crippen LogP contribution < -0.4 is 0 Å². The molecule has 4 rings (SSSR count). The average Bonchev–Trinajstić information content (AvgIpc) is 3.04. The molecule has 2 aliphatic rings. The molecular formula is C18H22N4O3. The van der Waals surface area contributed by atoms with Crippen molar-refractivity contribution in [2.45, 2.75) is 31.8 Å². The predicted molar refractivity (Wildman–Crippen MR) is 91.3 cm³/mol. The minimum atomic E-state index is -0.547. The number of nitrogens with zero attached hydrogens (tertiary/aromatic N) is 4. The van der Waals surface area contributed by atoms with Gasteiger partial charge in [-0.3, -0.25) is 4.79 Å². The van der Waals surface area contributed by atoms with Gasteiger partial charge in [-0.25, -0.2) is 9.78 Å². The van der Waals surface area contributed by atoms with Crippen molar-refractivity contribution in [1.29, 1.82) is 0 Å². The first-order chi connectivity index (χ1) is 12.0. The van der Waals surface area contributed by atoms with E-state index in [1.807, 2.05) is 40.6 Å². The van der Waals surface area contributed by atoms with Gasteiger partial charge in [0.05, 0.1) is 30.9 Å². The molecule has 25 heavy (non-hydrogen) atoms. The number of pyridine rings is 1. The molecule has 1 atom stereocenters. The Morgan fingerprint density at radius 1 is 1.36 bits per heavy atom. The molecule has 1 spiro atoms. The third-order valence-corrected chi connectivity index (χ3v) is 5.18. The van der Waals surface area contributed by atoms with Crippen LogP contribution in [0.25, 0.3) is 5.65 Å². The highest BCUT2D eigenvalue weighted by Crippen LogP contribution is 2.31. The number of aryl methyl sites for hydroxylation is 1. The number of piperidine rings is 1. The fraction of sp³-hybridized carbons (Fsp3) is 0.500. The topological polar surface area (TPSA) is 67.2 Å². The Morgan fingerprint density at radius 2 is 2.20 bits per heavy atom. The molecule has 4 heterocycles. The maximum absolute atomic E-state index is 12.9. The molecule has 0 bridgehead atoms. The molecule has 0 saturated carbocycles. The molecule has 0 N–H and O–H groups in total. The fourth-order valence-corrected chi connectivity index (χ4v) is 3.95. The van der Waals surface area contributed by atoms with Crippen molar-refractivity contribution in [3.8, 4) is 0 Å². The maximum Gasteiger partial charge on any atom is 0.410 e. The van der Waals surface area contributed by atoms with Crippen LogP contribution in [0.4, 0.5) is 4.79 Å². The number of carbonyl (C=O) groups excluding carboxylic acids is 2. The van der Waals surface area contributed by atoms with E-state index in [-0.39, 0.29) is 12.0 Å². The van der Waals surface area contributed by atoms with Crippen LogP contribution in [0.1, 0.15) is 24.2 Å². The lowest BCUT2D eigenvalue weighted by molar-refractivity contribution is -0.136. The molecule has 2 fully saturated rings. The first kappa shape index (κ1) is 15.9. The van der Waals surface area contributed by atoms with Gasteiger partial charge in [-0.15, -0.1) is 0 Å². The molecule has 2 aromatic rings. The van der Waals surface area contributed by atoms with Crippen LogP contribution in [0.15, 0.2) is 24.4 Å². The first-order valence-corrected chi connectivity index (χ1v) is 8.62. The van der Waals surface area contributed by atoms with Crippen molar-refractivity contribution in [1.82, 2.24) is 19.2 Å². The van der Waals surface area contributed by atoms with Gasteiger partial charge in [0, 0.05) is 19.8 Å². The quantitative estimate of drug-likeness (QED) is 0.832. The van der Waals surface area contributed by atoms with Crippen LogP contribution in [-0.4, -0.2) is 63.5 Å². The number of likely N-dealkylation sites (N-methyl/N-ethyl adjacent to an activating group) is 1. The Balaban J connectivity index is 1.53. The molecule has 7 nitrogen and oxygen atoms in total. The molecule has 0 aliphatic carbocycles.